The Kier molecular flexibility index (Phi) is 13.8. The number of amides is 3. The van der Waals surface area contributed by atoms with Crippen LogP contribution in [-0.2, 0) is 14.4 Å². The standard InChI is InChI=1S/C26H42N6O3/c1-18(2)16-21(24(34)29-14-8-9-15-30-26(27)28)32-25(35)22(17-19(3)4)31-23(33)13-12-20-10-6-5-7-11-20/h5-7,10-13,18-19,21-22H,8-9,14-17H2,1-4H3,(H,29,34)(H,31,33)(H,32,35)(H4,27,28,30)/b13-12+. The SMILES string of the molecule is CC(C)CC(NC(=O)/C=C/c1ccccc1)C(=O)NC(CC(C)C)C(=O)NCCCCNC(=N)N. The van der Waals surface area contributed by atoms with Crippen LogP contribution in [0.15, 0.2) is 36.4 Å². The van der Waals surface area contributed by atoms with E-state index in [1.54, 1.807) is 6.08 Å². The highest BCUT2D eigenvalue weighted by Gasteiger charge is 2.27. The molecule has 0 aromatic heterocycles. The third-order valence-electron chi connectivity index (χ3n) is 5.13. The van der Waals surface area contributed by atoms with Crippen LogP contribution in [-0.4, -0.2) is 48.9 Å². The Bertz CT molecular complexity index is 839. The number of carbonyl (C=O) groups excluding carboxylic acids is 3. The Morgan fingerprint density at radius 1 is 0.857 bits per heavy atom. The van der Waals surface area contributed by atoms with Crippen molar-refractivity contribution in [1.29, 1.82) is 5.41 Å². The first-order chi connectivity index (χ1) is 16.6. The molecule has 0 radical (unpaired) electrons. The minimum atomic E-state index is -0.747. The lowest BCUT2D eigenvalue weighted by Crippen LogP contribution is -2.54. The lowest BCUT2D eigenvalue weighted by atomic mass is 10.00. The van der Waals surface area contributed by atoms with Crippen LogP contribution in [0.25, 0.3) is 6.08 Å². The number of nitrogens with two attached hydrogens (primary N) is 1. The molecule has 1 rings (SSSR count). The van der Waals surface area contributed by atoms with Crippen molar-refractivity contribution in [3.8, 4) is 0 Å². The Morgan fingerprint density at radius 3 is 1.94 bits per heavy atom. The van der Waals surface area contributed by atoms with Gasteiger partial charge in [0.1, 0.15) is 12.1 Å². The van der Waals surface area contributed by atoms with Crippen molar-refractivity contribution in [3.63, 3.8) is 0 Å². The summed E-state index contributed by atoms with van der Waals surface area (Å²) in [7, 11) is 0. The maximum atomic E-state index is 13.1. The zero-order valence-corrected chi connectivity index (χ0v) is 21.4. The second-order valence-corrected chi connectivity index (χ2v) is 9.46. The van der Waals surface area contributed by atoms with E-state index < -0.39 is 12.1 Å². The monoisotopic (exact) mass is 486 g/mol. The van der Waals surface area contributed by atoms with Crippen molar-refractivity contribution >= 4 is 29.8 Å². The smallest absolute Gasteiger partial charge is 0.244 e. The molecule has 2 unspecified atom stereocenters. The van der Waals surface area contributed by atoms with Crippen LogP contribution in [0.5, 0.6) is 0 Å². The minimum absolute atomic E-state index is 0.0765. The van der Waals surface area contributed by atoms with E-state index in [0.717, 1.165) is 12.0 Å². The number of guanidine groups is 1. The number of rotatable bonds is 15. The topological polar surface area (TPSA) is 149 Å². The van der Waals surface area contributed by atoms with Gasteiger partial charge in [0.25, 0.3) is 0 Å². The van der Waals surface area contributed by atoms with E-state index in [1.165, 1.54) is 6.08 Å². The normalized spacial score (nSPS) is 12.9. The second kappa shape index (κ2) is 16.3. The fourth-order valence-corrected chi connectivity index (χ4v) is 3.44. The number of nitrogens with one attached hydrogen (secondary N) is 5. The van der Waals surface area contributed by atoms with E-state index in [1.807, 2.05) is 58.0 Å². The summed E-state index contributed by atoms with van der Waals surface area (Å²) in [5, 5.41) is 18.4. The molecule has 0 saturated carbocycles. The summed E-state index contributed by atoms with van der Waals surface area (Å²) < 4.78 is 0. The van der Waals surface area contributed by atoms with Gasteiger partial charge in [-0.2, -0.15) is 0 Å². The Labute approximate surface area is 209 Å². The van der Waals surface area contributed by atoms with E-state index >= 15 is 0 Å². The van der Waals surface area contributed by atoms with Gasteiger partial charge in [-0.05, 0) is 49.2 Å². The molecule has 2 atom stereocenters. The highest BCUT2D eigenvalue weighted by Crippen LogP contribution is 2.09. The van der Waals surface area contributed by atoms with Gasteiger partial charge in [0, 0.05) is 19.2 Å². The number of carbonyl (C=O) groups is 3. The molecular formula is C26H42N6O3. The summed E-state index contributed by atoms with van der Waals surface area (Å²) >= 11 is 0. The molecule has 0 fully saturated rings. The number of unbranched alkanes of at least 4 members (excludes halogenated alkanes) is 1. The molecule has 0 aliphatic rings. The lowest BCUT2D eigenvalue weighted by molar-refractivity contribution is -0.131. The predicted molar refractivity (Wildman–Crippen MR) is 140 cm³/mol. The average molecular weight is 487 g/mol. The largest absolute Gasteiger partial charge is 0.370 e. The fourth-order valence-electron chi connectivity index (χ4n) is 3.44. The summed E-state index contributed by atoms with van der Waals surface area (Å²) in [5.74, 6) is -0.689. The molecule has 194 valence electrons. The van der Waals surface area contributed by atoms with Gasteiger partial charge in [-0.25, -0.2) is 0 Å². The molecule has 7 N–H and O–H groups in total. The Morgan fingerprint density at radius 2 is 1.40 bits per heavy atom. The van der Waals surface area contributed by atoms with Crippen molar-refractivity contribution in [3.05, 3.63) is 42.0 Å². The third-order valence-corrected chi connectivity index (χ3v) is 5.13. The summed E-state index contributed by atoms with van der Waals surface area (Å²) in [4.78, 5) is 38.4. The van der Waals surface area contributed by atoms with E-state index in [9.17, 15) is 14.4 Å². The molecule has 0 spiro atoms. The third kappa shape index (κ3) is 13.8. The molecule has 0 bridgehead atoms. The van der Waals surface area contributed by atoms with Crippen LogP contribution < -0.4 is 27.0 Å². The molecule has 9 nitrogen and oxygen atoms in total. The summed E-state index contributed by atoms with van der Waals surface area (Å²) in [6.07, 6.45) is 5.51. The van der Waals surface area contributed by atoms with E-state index in [0.29, 0.717) is 32.4 Å². The van der Waals surface area contributed by atoms with Gasteiger partial charge in [0.05, 0.1) is 0 Å². The molecule has 35 heavy (non-hydrogen) atoms. The number of hydrogen-bond donors (Lipinski definition) is 6. The van der Waals surface area contributed by atoms with Crippen molar-refractivity contribution in [2.45, 2.75) is 65.5 Å². The Balaban J connectivity index is 2.72. The van der Waals surface area contributed by atoms with E-state index in [-0.39, 0.29) is 35.5 Å². The zero-order chi connectivity index (χ0) is 26.2. The van der Waals surface area contributed by atoms with Gasteiger partial charge in [-0.3, -0.25) is 19.8 Å². The van der Waals surface area contributed by atoms with Gasteiger partial charge < -0.3 is 27.0 Å². The molecule has 0 aliphatic heterocycles. The highest BCUT2D eigenvalue weighted by atomic mass is 16.2. The van der Waals surface area contributed by atoms with Crippen LogP contribution in [0.3, 0.4) is 0 Å². The van der Waals surface area contributed by atoms with Gasteiger partial charge in [-0.1, -0.05) is 58.0 Å². The minimum Gasteiger partial charge on any atom is -0.370 e. The molecule has 0 aliphatic carbocycles. The maximum Gasteiger partial charge on any atom is 0.244 e. The van der Waals surface area contributed by atoms with Crippen LogP contribution >= 0.6 is 0 Å². The molecule has 1 aromatic carbocycles. The predicted octanol–water partition coefficient (Wildman–Crippen LogP) is 2.14. The van der Waals surface area contributed by atoms with Gasteiger partial charge in [0.2, 0.25) is 17.7 Å². The highest BCUT2D eigenvalue weighted by molar-refractivity contribution is 5.96. The molecule has 0 heterocycles. The molecular weight excluding hydrogens is 444 g/mol. The van der Waals surface area contributed by atoms with Crippen molar-refractivity contribution in [1.82, 2.24) is 21.3 Å². The summed E-state index contributed by atoms with van der Waals surface area (Å²) in [6, 6.07) is 8.00. The first kappa shape index (κ1) is 29.7. The van der Waals surface area contributed by atoms with Gasteiger partial charge >= 0.3 is 0 Å². The van der Waals surface area contributed by atoms with Crippen molar-refractivity contribution in [2.24, 2.45) is 17.6 Å². The van der Waals surface area contributed by atoms with Crippen molar-refractivity contribution < 1.29 is 14.4 Å². The zero-order valence-electron chi connectivity index (χ0n) is 21.4. The summed E-state index contributed by atoms with van der Waals surface area (Å²) in [5.41, 5.74) is 6.14. The molecule has 0 saturated heterocycles. The number of hydrogen-bond acceptors (Lipinski definition) is 4. The van der Waals surface area contributed by atoms with Crippen LogP contribution in [0.4, 0.5) is 0 Å². The lowest BCUT2D eigenvalue weighted by Gasteiger charge is -2.25. The van der Waals surface area contributed by atoms with Gasteiger partial charge in [-0.15, -0.1) is 0 Å². The van der Waals surface area contributed by atoms with E-state index in [2.05, 4.69) is 21.3 Å². The fraction of sp³-hybridized carbons (Fsp3) is 0.538. The molecule has 9 heteroatoms. The van der Waals surface area contributed by atoms with Crippen LogP contribution in [0.1, 0.15) is 58.9 Å². The molecule has 3 amide bonds. The summed E-state index contributed by atoms with van der Waals surface area (Å²) in [6.45, 7) is 8.95. The van der Waals surface area contributed by atoms with Crippen molar-refractivity contribution in [2.75, 3.05) is 13.1 Å². The van der Waals surface area contributed by atoms with Crippen LogP contribution in [0, 0.1) is 17.2 Å². The average Bonchev–Trinajstić information content (AvgIpc) is 2.78. The van der Waals surface area contributed by atoms with E-state index in [4.69, 9.17) is 11.1 Å². The second-order valence-electron chi connectivity index (χ2n) is 9.46. The van der Waals surface area contributed by atoms with Crippen LogP contribution in [0.2, 0.25) is 0 Å². The Hall–Kier alpha value is -3.36. The number of benzene rings is 1. The maximum absolute atomic E-state index is 13.1. The molecule has 1 aromatic rings. The first-order valence-electron chi connectivity index (χ1n) is 12.3. The quantitative estimate of drug-likeness (QED) is 0.0972. The van der Waals surface area contributed by atoms with Gasteiger partial charge in [0.15, 0.2) is 5.96 Å². The first-order valence-corrected chi connectivity index (χ1v) is 12.3.